The van der Waals surface area contributed by atoms with E-state index in [9.17, 15) is 0 Å². The minimum atomic E-state index is -1.17. The van der Waals surface area contributed by atoms with Crippen LogP contribution < -0.4 is 0 Å². The van der Waals surface area contributed by atoms with E-state index >= 15 is 0 Å². The third kappa shape index (κ3) is 3.43. The molecule has 0 unspecified atom stereocenters. The fraction of sp³-hybridized carbons (Fsp3) is 1.00. The van der Waals surface area contributed by atoms with E-state index in [0.29, 0.717) is 0 Å². The number of rotatable bonds is 5. The van der Waals surface area contributed by atoms with Crippen LogP contribution >= 0.6 is 0 Å². The van der Waals surface area contributed by atoms with Gasteiger partial charge in [0.1, 0.15) is 0 Å². The molecule has 1 nitrogen and oxygen atoms in total. The Kier molecular flexibility index (Phi) is 4.46. The zero-order valence-electron chi connectivity index (χ0n) is 9.44. The standard InChI is InChI=1S/C11H24OSi/c1-4-13(9-5-6-10-13)12-8-7-11(2)3/h11H,4-10H2,1-3H3. The van der Waals surface area contributed by atoms with Crippen LogP contribution in [0.1, 0.15) is 40.0 Å². The van der Waals surface area contributed by atoms with Crippen LogP contribution in [-0.2, 0) is 4.43 Å². The van der Waals surface area contributed by atoms with E-state index in [2.05, 4.69) is 20.8 Å². The minimum absolute atomic E-state index is 0.796. The Morgan fingerprint density at radius 1 is 1.23 bits per heavy atom. The van der Waals surface area contributed by atoms with Gasteiger partial charge in [-0.1, -0.05) is 33.6 Å². The van der Waals surface area contributed by atoms with Crippen molar-refractivity contribution in [1.29, 1.82) is 0 Å². The van der Waals surface area contributed by atoms with Crippen LogP contribution in [0.5, 0.6) is 0 Å². The van der Waals surface area contributed by atoms with Crippen molar-refractivity contribution >= 4 is 8.32 Å². The van der Waals surface area contributed by atoms with Gasteiger partial charge in [0, 0.05) is 6.61 Å². The van der Waals surface area contributed by atoms with Gasteiger partial charge < -0.3 is 4.43 Å². The predicted octanol–water partition coefficient (Wildman–Crippen LogP) is 3.81. The van der Waals surface area contributed by atoms with Crippen molar-refractivity contribution in [3.05, 3.63) is 0 Å². The van der Waals surface area contributed by atoms with Gasteiger partial charge in [0.2, 0.25) is 0 Å². The van der Waals surface area contributed by atoms with Crippen LogP contribution in [0.2, 0.25) is 18.1 Å². The fourth-order valence-corrected chi connectivity index (χ4v) is 5.92. The Morgan fingerprint density at radius 3 is 2.31 bits per heavy atom. The molecule has 0 aromatic rings. The highest BCUT2D eigenvalue weighted by molar-refractivity contribution is 6.74. The third-order valence-electron chi connectivity index (χ3n) is 3.26. The Morgan fingerprint density at radius 2 is 1.85 bits per heavy atom. The summed E-state index contributed by atoms with van der Waals surface area (Å²) in [5.74, 6) is 0.796. The van der Waals surface area contributed by atoms with Crippen LogP contribution in [0.4, 0.5) is 0 Å². The summed E-state index contributed by atoms with van der Waals surface area (Å²) in [7, 11) is -1.17. The second-order valence-corrected chi connectivity index (χ2v) is 9.14. The zero-order chi connectivity index (χ0) is 9.73. The van der Waals surface area contributed by atoms with E-state index in [1.807, 2.05) is 0 Å². The van der Waals surface area contributed by atoms with Crippen LogP contribution in [0.25, 0.3) is 0 Å². The second kappa shape index (κ2) is 5.16. The molecule has 0 amide bonds. The first-order chi connectivity index (χ1) is 6.18. The largest absolute Gasteiger partial charge is 0.417 e. The van der Waals surface area contributed by atoms with Gasteiger partial charge in [-0.2, -0.15) is 0 Å². The van der Waals surface area contributed by atoms with Gasteiger partial charge >= 0.3 is 0 Å². The molecule has 1 aliphatic rings. The molecule has 0 aromatic carbocycles. The van der Waals surface area contributed by atoms with E-state index in [1.165, 1.54) is 37.4 Å². The molecule has 0 spiro atoms. The van der Waals surface area contributed by atoms with E-state index in [0.717, 1.165) is 12.5 Å². The average Bonchev–Trinajstić information content (AvgIpc) is 2.53. The summed E-state index contributed by atoms with van der Waals surface area (Å²) in [6.07, 6.45) is 4.11. The predicted molar refractivity (Wildman–Crippen MR) is 60.5 cm³/mol. The molecule has 0 N–H and O–H groups in total. The molecule has 1 aliphatic heterocycles. The molecule has 0 saturated carbocycles. The monoisotopic (exact) mass is 200 g/mol. The molecule has 1 rings (SSSR count). The first kappa shape index (κ1) is 11.3. The van der Waals surface area contributed by atoms with Crippen molar-refractivity contribution in [2.75, 3.05) is 6.61 Å². The highest BCUT2D eigenvalue weighted by Crippen LogP contribution is 2.34. The van der Waals surface area contributed by atoms with Crippen LogP contribution in [-0.4, -0.2) is 14.9 Å². The Balaban J connectivity index is 2.23. The maximum Gasteiger partial charge on any atom is 0.192 e. The second-order valence-electron chi connectivity index (χ2n) is 4.77. The quantitative estimate of drug-likeness (QED) is 0.613. The molecule has 13 heavy (non-hydrogen) atoms. The van der Waals surface area contributed by atoms with Crippen LogP contribution in [0.15, 0.2) is 0 Å². The zero-order valence-corrected chi connectivity index (χ0v) is 10.4. The molecule has 0 bridgehead atoms. The van der Waals surface area contributed by atoms with E-state index in [4.69, 9.17) is 4.43 Å². The maximum atomic E-state index is 6.19. The smallest absolute Gasteiger partial charge is 0.192 e. The lowest BCUT2D eigenvalue weighted by atomic mass is 10.2. The molecule has 0 atom stereocenters. The molecular weight excluding hydrogens is 176 g/mol. The van der Waals surface area contributed by atoms with E-state index in [-0.39, 0.29) is 0 Å². The van der Waals surface area contributed by atoms with Gasteiger partial charge in [-0.25, -0.2) is 0 Å². The topological polar surface area (TPSA) is 9.23 Å². The van der Waals surface area contributed by atoms with E-state index < -0.39 is 8.32 Å². The summed E-state index contributed by atoms with van der Waals surface area (Å²) in [6, 6.07) is 4.20. The maximum absolute atomic E-state index is 6.19. The summed E-state index contributed by atoms with van der Waals surface area (Å²) >= 11 is 0. The Labute approximate surface area is 84.0 Å². The number of hydrogen-bond donors (Lipinski definition) is 0. The third-order valence-corrected chi connectivity index (χ3v) is 7.90. The van der Waals surface area contributed by atoms with Gasteiger partial charge in [0.15, 0.2) is 8.32 Å². The molecule has 1 saturated heterocycles. The SMILES string of the molecule is CC[Si]1(OCCC(C)C)CCCC1. The summed E-state index contributed by atoms with van der Waals surface area (Å²) in [5.41, 5.74) is 0. The van der Waals surface area contributed by atoms with Crippen molar-refractivity contribution in [1.82, 2.24) is 0 Å². The first-order valence-corrected chi connectivity index (χ1v) is 8.35. The summed E-state index contributed by atoms with van der Waals surface area (Å²) in [4.78, 5) is 0. The van der Waals surface area contributed by atoms with Crippen LogP contribution in [0, 0.1) is 5.92 Å². The summed E-state index contributed by atoms with van der Waals surface area (Å²) in [6.45, 7) is 7.90. The average molecular weight is 200 g/mol. The lowest BCUT2D eigenvalue weighted by Crippen LogP contribution is -2.34. The Bertz CT molecular complexity index is 139. The van der Waals surface area contributed by atoms with Gasteiger partial charge in [-0.3, -0.25) is 0 Å². The molecule has 0 radical (unpaired) electrons. The van der Waals surface area contributed by atoms with Gasteiger partial charge in [-0.15, -0.1) is 0 Å². The van der Waals surface area contributed by atoms with Gasteiger partial charge in [0.25, 0.3) is 0 Å². The Hall–Kier alpha value is 0.177. The van der Waals surface area contributed by atoms with E-state index in [1.54, 1.807) is 0 Å². The van der Waals surface area contributed by atoms with Crippen molar-refractivity contribution in [3.8, 4) is 0 Å². The van der Waals surface area contributed by atoms with Crippen molar-refractivity contribution < 1.29 is 4.43 Å². The molecule has 0 aliphatic carbocycles. The fourth-order valence-electron chi connectivity index (χ4n) is 2.13. The lowest BCUT2D eigenvalue weighted by molar-refractivity contribution is 0.276. The highest BCUT2D eigenvalue weighted by Gasteiger charge is 2.36. The summed E-state index contributed by atoms with van der Waals surface area (Å²) in [5, 5.41) is 0. The normalized spacial score (nSPS) is 21.2. The first-order valence-electron chi connectivity index (χ1n) is 5.82. The minimum Gasteiger partial charge on any atom is -0.417 e. The van der Waals surface area contributed by atoms with Crippen LogP contribution in [0.3, 0.4) is 0 Å². The molecule has 1 heterocycles. The molecular formula is C11H24OSi. The molecule has 0 aromatic heterocycles. The van der Waals surface area contributed by atoms with Gasteiger partial charge in [0.05, 0.1) is 0 Å². The van der Waals surface area contributed by atoms with Crippen molar-refractivity contribution in [2.24, 2.45) is 5.92 Å². The number of hydrogen-bond acceptors (Lipinski definition) is 1. The molecule has 1 fully saturated rings. The van der Waals surface area contributed by atoms with Crippen molar-refractivity contribution in [3.63, 3.8) is 0 Å². The van der Waals surface area contributed by atoms with Gasteiger partial charge in [-0.05, 0) is 30.5 Å². The molecule has 2 heteroatoms. The molecule has 78 valence electrons. The summed E-state index contributed by atoms with van der Waals surface area (Å²) < 4.78 is 6.19. The lowest BCUT2D eigenvalue weighted by Gasteiger charge is -2.25. The highest BCUT2D eigenvalue weighted by atomic mass is 28.4. The van der Waals surface area contributed by atoms with Crippen molar-refractivity contribution in [2.45, 2.75) is 58.2 Å².